The van der Waals surface area contributed by atoms with Crippen molar-refractivity contribution in [2.75, 3.05) is 19.7 Å². The first kappa shape index (κ1) is 25.9. The Balaban J connectivity index is 1.26. The number of furan rings is 1. The second-order valence-corrected chi connectivity index (χ2v) is 10.6. The molecule has 5 nitrogen and oxygen atoms in total. The zero-order valence-electron chi connectivity index (χ0n) is 22.6. The number of nitrogens with zero attached hydrogens (tertiary/aromatic N) is 1. The van der Waals surface area contributed by atoms with Gasteiger partial charge in [0.15, 0.2) is 0 Å². The van der Waals surface area contributed by atoms with Crippen LogP contribution in [-0.2, 0) is 30.6 Å². The Hall–Kier alpha value is -4.35. The number of carbonyl (C=O) groups is 1. The van der Waals surface area contributed by atoms with Crippen LogP contribution in [0.25, 0.3) is 11.0 Å². The number of hydrogen-bond acceptors (Lipinski definition) is 4. The van der Waals surface area contributed by atoms with E-state index in [4.69, 9.17) is 14.9 Å². The summed E-state index contributed by atoms with van der Waals surface area (Å²) in [5.74, 6) is 1.87. The molecule has 0 aliphatic carbocycles. The second kappa shape index (κ2) is 11.8. The van der Waals surface area contributed by atoms with Gasteiger partial charge in [-0.05, 0) is 52.1 Å². The Kier molecular flexibility index (Phi) is 7.64. The quantitative estimate of drug-likeness (QED) is 0.218. The molecule has 1 aromatic heterocycles. The highest BCUT2D eigenvalue weighted by atomic mass is 16.5. The van der Waals surface area contributed by atoms with Crippen molar-refractivity contribution < 1.29 is 13.9 Å². The lowest BCUT2D eigenvalue weighted by Gasteiger charge is -2.28. The lowest BCUT2D eigenvalue weighted by Crippen LogP contribution is -2.31. The number of benzene rings is 4. The SMILES string of the molecule is NC(=O)Cc1ccc2oc(CCN(Cc3ccc4c(c3)CCO4)CC(c3ccccc3)c3ccccc3)cc2c1. The first-order valence-corrected chi connectivity index (χ1v) is 14.0. The molecule has 0 fully saturated rings. The van der Waals surface area contributed by atoms with Gasteiger partial charge < -0.3 is 14.9 Å². The maximum absolute atomic E-state index is 11.4. The van der Waals surface area contributed by atoms with Crippen LogP contribution >= 0.6 is 0 Å². The van der Waals surface area contributed by atoms with E-state index >= 15 is 0 Å². The van der Waals surface area contributed by atoms with Crippen LogP contribution < -0.4 is 10.5 Å². The fraction of sp³-hybridized carbons (Fsp3) is 0.229. The van der Waals surface area contributed by atoms with Gasteiger partial charge in [0, 0.05) is 43.8 Å². The minimum atomic E-state index is -0.330. The maximum Gasteiger partial charge on any atom is 0.221 e. The largest absolute Gasteiger partial charge is 0.493 e. The molecule has 1 amide bonds. The van der Waals surface area contributed by atoms with E-state index in [0.29, 0.717) is 0 Å². The van der Waals surface area contributed by atoms with Crippen LogP contribution in [0.2, 0.25) is 0 Å². The van der Waals surface area contributed by atoms with Crippen molar-refractivity contribution in [3.8, 4) is 5.75 Å². The normalized spacial score (nSPS) is 12.7. The van der Waals surface area contributed by atoms with E-state index in [0.717, 1.165) is 67.1 Å². The lowest BCUT2D eigenvalue weighted by atomic mass is 9.90. The molecule has 202 valence electrons. The van der Waals surface area contributed by atoms with Gasteiger partial charge in [0.25, 0.3) is 0 Å². The first-order valence-electron chi connectivity index (χ1n) is 14.0. The topological polar surface area (TPSA) is 68.7 Å². The van der Waals surface area contributed by atoms with Crippen LogP contribution in [0.15, 0.2) is 108 Å². The average molecular weight is 531 g/mol. The minimum absolute atomic E-state index is 0.233. The molecule has 0 atom stereocenters. The number of fused-ring (bicyclic) bond motifs is 2. The van der Waals surface area contributed by atoms with Gasteiger partial charge in [-0.2, -0.15) is 0 Å². The van der Waals surface area contributed by atoms with E-state index < -0.39 is 0 Å². The van der Waals surface area contributed by atoms with E-state index in [1.165, 1.54) is 22.3 Å². The summed E-state index contributed by atoms with van der Waals surface area (Å²) in [6, 6.07) is 36.1. The highest BCUT2D eigenvalue weighted by molar-refractivity contribution is 5.82. The Morgan fingerprint density at radius 3 is 2.30 bits per heavy atom. The highest BCUT2D eigenvalue weighted by Crippen LogP contribution is 2.29. The molecule has 0 saturated heterocycles. The lowest BCUT2D eigenvalue weighted by molar-refractivity contribution is -0.117. The van der Waals surface area contributed by atoms with Crippen molar-refractivity contribution in [3.05, 3.63) is 137 Å². The van der Waals surface area contributed by atoms with Crippen molar-refractivity contribution in [1.82, 2.24) is 4.90 Å². The predicted molar refractivity (Wildman–Crippen MR) is 158 cm³/mol. The molecular formula is C35H34N2O3. The van der Waals surface area contributed by atoms with E-state index in [2.05, 4.69) is 89.8 Å². The zero-order chi connectivity index (χ0) is 27.3. The summed E-state index contributed by atoms with van der Waals surface area (Å²) < 4.78 is 12.0. The molecule has 0 unspecified atom stereocenters. The molecular weight excluding hydrogens is 496 g/mol. The number of rotatable bonds is 11. The summed E-state index contributed by atoms with van der Waals surface area (Å²) in [5.41, 5.74) is 12.4. The van der Waals surface area contributed by atoms with Crippen molar-refractivity contribution >= 4 is 16.9 Å². The van der Waals surface area contributed by atoms with Gasteiger partial charge in [0.2, 0.25) is 5.91 Å². The van der Waals surface area contributed by atoms with Crippen LogP contribution in [0, 0.1) is 0 Å². The number of ether oxygens (including phenoxy) is 1. The Labute approximate surface area is 235 Å². The highest BCUT2D eigenvalue weighted by Gasteiger charge is 2.20. The molecule has 0 saturated carbocycles. The summed E-state index contributed by atoms with van der Waals surface area (Å²) in [6.45, 7) is 3.33. The van der Waals surface area contributed by atoms with Crippen molar-refractivity contribution in [3.63, 3.8) is 0 Å². The van der Waals surface area contributed by atoms with Gasteiger partial charge in [0.1, 0.15) is 17.1 Å². The first-order chi connectivity index (χ1) is 19.6. The fourth-order valence-electron chi connectivity index (χ4n) is 5.71. The number of primary amides is 1. The smallest absolute Gasteiger partial charge is 0.221 e. The van der Waals surface area contributed by atoms with Crippen LogP contribution in [0.1, 0.15) is 39.5 Å². The third-order valence-corrected chi connectivity index (χ3v) is 7.69. The molecule has 1 aliphatic heterocycles. The van der Waals surface area contributed by atoms with E-state index in [1.54, 1.807) is 0 Å². The minimum Gasteiger partial charge on any atom is -0.493 e. The Bertz CT molecular complexity index is 1550. The van der Waals surface area contributed by atoms with Crippen LogP contribution in [0.4, 0.5) is 0 Å². The third-order valence-electron chi connectivity index (χ3n) is 7.69. The molecule has 5 heteroatoms. The van der Waals surface area contributed by atoms with Gasteiger partial charge in [-0.25, -0.2) is 0 Å². The Morgan fingerprint density at radius 2 is 1.57 bits per heavy atom. The zero-order valence-corrected chi connectivity index (χ0v) is 22.6. The van der Waals surface area contributed by atoms with E-state index in [-0.39, 0.29) is 18.2 Å². The van der Waals surface area contributed by atoms with Gasteiger partial charge >= 0.3 is 0 Å². The summed E-state index contributed by atoms with van der Waals surface area (Å²) in [6.07, 6.45) is 1.98. The molecule has 2 heterocycles. The number of nitrogens with two attached hydrogens (primary N) is 1. The van der Waals surface area contributed by atoms with Gasteiger partial charge in [-0.1, -0.05) is 78.9 Å². The van der Waals surface area contributed by atoms with E-state index in [9.17, 15) is 4.79 Å². The molecule has 1 aliphatic rings. The predicted octanol–water partition coefficient (Wildman–Crippen LogP) is 6.27. The molecule has 6 rings (SSSR count). The second-order valence-electron chi connectivity index (χ2n) is 10.6. The average Bonchev–Trinajstić information content (AvgIpc) is 3.61. The molecule has 0 bridgehead atoms. The van der Waals surface area contributed by atoms with Crippen molar-refractivity contribution in [1.29, 1.82) is 0 Å². The van der Waals surface area contributed by atoms with Crippen LogP contribution in [0.5, 0.6) is 5.75 Å². The molecule has 4 aromatic carbocycles. The van der Waals surface area contributed by atoms with E-state index in [1.807, 2.05) is 18.2 Å². The van der Waals surface area contributed by atoms with Crippen LogP contribution in [-0.4, -0.2) is 30.5 Å². The fourth-order valence-corrected chi connectivity index (χ4v) is 5.71. The summed E-state index contributed by atoms with van der Waals surface area (Å²) >= 11 is 0. The monoisotopic (exact) mass is 530 g/mol. The van der Waals surface area contributed by atoms with Gasteiger partial charge in [-0.15, -0.1) is 0 Å². The standard InChI is InChI=1S/C35H34N2O3/c36-35(38)21-25-11-14-34-30(19-25)22-31(40-34)15-17-37(23-26-12-13-33-29(20-26)16-18-39-33)24-32(27-7-3-1-4-8-27)28-9-5-2-6-10-28/h1-14,19-20,22,32H,15-18,21,23-24H2,(H2,36,38). The summed E-state index contributed by atoms with van der Waals surface area (Å²) in [4.78, 5) is 13.9. The van der Waals surface area contributed by atoms with Crippen molar-refractivity contribution in [2.45, 2.75) is 31.7 Å². The molecule has 2 N–H and O–H groups in total. The third kappa shape index (κ3) is 6.11. The molecule has 40 heavy (non-hydrogen) atoms. The van der Waals surface area contributed by atoms with Gasteiger partial charge in [0.05, 0.1) is 13.0 Å². The van der Waals surface area contributed by atoms with Crippen LogP contribution in [0.3, 0.4) is 0 Å². The van der Waals surface area contributed by atoms with Crippen molar-refractivity contribution in [2.24, 2.45) is 5.73 Å². The molecule has 0 spiro atoms. The number of amides is 1. The summed E-state index contributed by atoms with van der Waals surface area (Å²) in [5, 5.41) is 1.00. The number of hydrogen-bond donors (Lipinski definition) is 1. The van der Waals surface area contributed by atoms with Gasteiger partial charge in [-0.3, -0.25) is 9.69 Å². The Morgan fingerprint density at radius 1 is 0.850 bits per heavy atom. The molecule has 5 aromatic rings. The number of carbonyl (C=O) groups excluding carboxylic acids is 1. The maximum atomic E-state index is 11.4. The summed E-state index contributed by atoms with van der Waals surface area (Å²) in [7, 11) is 0. The molecule has 0 radical (unpaired) electrons.